The third-order valence-electron chi connectivity index (χ3n) is 1.70. The van der Waals surface area contributed by atoms with Gasteiger partial charge in [-0.3, -0.25) is 5.43 Å². The Morgan fingerprint density at radius 2 is 2.07 bits per heavy atom. The SMILES string of the molecule is Cc1ccc(F)cc1NN=C(C#N)C#N. The Bertz CT molecular complexity index is 463. The first kappa shape index (κ1) is 10.7. The minimum absolute atomic E-state index is 0.307. The van der Waals surface area contributed by atoms with E-state index in [2.05, 4.69) is 10.5 Å². The van der Waals surface area contributed by atoms with Gasteiger partial charge in [0.05, 0.1) is 5.69 Å². The summed E-state index contributed by atoms with van der Waals surface area (Å²) in [5.41, 5.74) is 3.35. The summed E-state index contributed by atoms with van der Waals surface area (Å²) < 4.78 is 12.8. The number of rotatable bonds is 2. The molecule has 1 aromatic carbocycles. The van der Waals surface area contributed by atoms with Crippen LogP contribution in [0, 0.1) is 35.4 Å². The average Bonchev–Trinajstić information content (AvgIpc) is 2.24. The lowest BCUT2D eigenvalue weighted by Crippen LogP contribution is -1.98. The highest BCUT2D eigenvalue weighted by Crippen LogP contribution is 2.15. The van der Waals surface area contributed by atoms with Crippen LogP contribution >= 0.6 is 0 Å². The van der Waals surface area contributed by atoms with Gasteiger partial charge >= 0.3 is 0 Å². The molecule has 0 bridgehead atoms. The number of hydrogen-bond donors (Lipinski definition) is 1. The fraction of sp³-hybridized carbons (Fsp3) is 0.100. The maximum Gasteiger partial charge on any atom is 0.237 e. The van der Waals surface area contributed by atoms with Gasteiger partial charge in [0.25, 0.3) is 0 Å². The van der Waals surface area contributed by atoms with E-state index in [0.717, 1.165) is 5.56 Å². The van der Waals surface area contributed by atoms with Crippen molar-refractivity contribution in [3.05, 3.63) is 29.6 Å². The summed E-state index contributed by atoms with van der Waals surface area (Å²) in [5, 5.41) is 20.3. The molecule has 1 aromatic rings. The molecule has 0 saturated heterocycles. The molecule has 0 amide bonds. The number of nitrogens with one attached hydrogen (secondary N) is 1. The summed E-state index contributed by atoms with van der Waals surface area (Å²) in [6.07, 6.45) is 0. The Labute approximate surface area is 86.3 Å². The smallest absolute Gasteiger partial charge is 0.237 e. The van der Waals surface area contributed by atoms with E-state index in [1.54, 1.807) is 25.1 Å². The predicted octanol–water partition coefficient (Wildman–Crippen LogP) is 1.95. The Balaban J connectivity index is 2.92. The molecular formula is C10H7FN4. The second-order valence-electron chi connectivity index (χ2n) is 2.76. The van der Waals surface area contributed by atoms with Crippen LogP contribution in [-0.4, -0.2) is 5.71 Å². The molecular weight excluding hydrogens is 195 g/mol. The molecule has 0 aliphatic heterocycles. The zero-order valence-corrected chi connectivity index (χ0v) is 7.95. The second kappa shape index (κ2) is 4.73. The molecule has 5 heteroatoms. The molecule has 1 rings (SSSR count). The summed E-state index contributed by atoms with van der Waals surface area (Å²) in [6.45, 7) is 1.76. The van der Waals surface area contributed by atoms with E-state index in [9.17, 15) is 4.39 Å². The number of hydrazone groups is 1. The van der Waals surface area contributed by atoms with Crippen LogP contribution in [-0.2, 0) is 0 Å². The van der Waals surface area contributed by atoms with Crippen molar-refractivity contribution in [3.63, 3.8) is 0 Å². The molecule has 0 aliphatic carbocycles. The molecule has 0 spiro atoms. The standard InChI is InChI=1S/C10H7FN4/c1-7-2-3-8(11)4-10(7)15-14-9(5-12)6-13/h2-4,15H,1H3. The predicted molar refractivity (Wildman–Crippen MR) is 53.4 cm³/mol. The summed E-state index contributed by atoms with van der Waals surface area (Å²) in [7, 11) is 0. The molecule has 0 atom stereocenters. The number of aryl methyl sites for hydroxylation is 1. The van der Waals surface area contributed by atoms with E-state index in [1.807, 2.05) is 0 Å². The third-order valence-corrected chi connectivity index (χ3v) is 1.70. The minimum Gasteiger partial charge on any atom is -0.276 e. The van der Waals surface area contributed by atoms with Crippen LogP contribution in [0.2, 0.25) is 0 Å². The average molecular weight is 202 g/mol. The molecule has 4 nitrogen and oxygen atoms in total. The number of benzene rings is 1. The van der Waals surface area contributed by atoms with Crippen LogP contribution in [0.4, 0.5) is 10.1 Å². The first-order chi connectivity index (χ1) is 7.17. The van der Waals surface area contributed by atoms with Crippen molar-refractivity contribution in [2.75, 3.05) is 5.43 Å². The quantitative estimate of drug-likeness (QED) is 0.588. The first-order valence-corrected chi connectivity index (χ1v) is 4.07. The molecule has 0 heterocycles. The highest BCUT2D eigenvalue weighted by Gasteiger charge is 1.99. The topological polar surface area (TPSA) is 72.0 Å². The largest absolute Gasteiger partial charge is 0.276 e. The van der Waals surface area contributed by atoms with Gasteiger partial charge in [-0.2, -0.15) is 15.6 Å². The van der Waals surface area contributed by atoms with Crippen molar-refractivity contribution < 1.29 is 4.39 Å². The lowest BCUT2D eigenvalue weighted by molar-refractivity contribution is 0.628. The molecule has 0 aliphatic rings. The number of halogens is 1. The van der Waals surface area contributed by atoms with E-state index < -0.39 is 5.82 Å². The zero-order valence-electron chi connectivity index (χ0n) is 7.95. The Morgan fingerprint density at radius 3 is 2.67 bits per heavy atom. The van der Waals surface area contributed by atoms with Crippen molar-refractivity contribution in [3.8, 4) is 12.1 Å². The maximum atomic E-state index is 12.8. The Morgan fingerprint density at radius 1 is 1.40 bits per heavy atom. The van der Waals surface area contributed by atoms with Crippen LogP contribution < -0.4 is 5.43 Å². The fourth-order valence-corrected chi connectivity index (χ4v) is 0.906. The van der Waals surface area contributed by atoms with Gasteiger partial charge in [-0.25, -0.2) is 4.39 Å². The molecule has 0 unspecified atom stereocenters. The molecule has 0 aromatic heterocycles. The van der Waals surface area contributed by atoms with Crippen LogP contribution in [0.25, 0.3) is 0 Å². The van der Waals surface area contributed by atoms with E-state index in [-0.39, 0.29) is 5.71 Å². The van der Waals surface area contributed by atoms with E-state index >= 15 is 0 Å². The van der Waals surface area contributed by atoms with Crippen LogP contribution in [0.5, 0.6) is 0 Å². The van der Waals surface area contributed by atoms with Crippen LogP contribution in [0.15, 0.2) is 23.3 Å². The Hall–Kier alpha value is -2.40. The van der Waals surface area contributed by atoms with Gasteiger partial charge in [0.15, 0.2) is 0 Å². The number of nitriles is 2. The number of hydrogen-bond acceptors (Lipinski definition) is 4. The maximum absolute atomic E-state index is 12.8. The van der Waals surface area contributed by atoms with Crippen LogP contribution in [0.1, 0.15) is 5.56 Å². The van der Waals surface area contributed by atoms with E-state index in [0.29, 0.717) is 5.69 Å². The fourth-order valence-electron chi connectivity index (χ4n) is 0.906. The van der Waals surface area contributed by atoms with Crippen molar-refractivity contribution in [2.24, 2.45) is 5.10 Å². The second-order valence-corrected chi connectivity index (χ2v) is 2.76. The van der Waals surface area contributed by atoms with E-state index in [4.69, 9.17) is 10.5 Å². The number of anilines is 1. The molecule has 15 heavy (non-hydrogen) atoms. The number of nitrogens with zero attached hydrogens (tertiary/aromatic N) is 3. The monoisotopic (exact) mass is 202 g/mol. The summed E-state index contributed by atoms with van der Waals surface area (Å²) in [5.74, 6) is -0.409. The first-order valence-electron chi connectivity index (χ1n) is 4.07. The highest BCUT2D eigenvalue weighted by molar-refractivity contribution is 6.10. The van der Waals surface area contributed by atoms with E-state index in [1.165, 1.54) is 12.1 Å². The lowest BCUT2D eigenvalue weighted by Gasteiger charge is -2.03. The molecule has 74 valence electrons. The third kappa shape index (κ3) is 2.78. The Kier molecular flexibility index (Phi) is 3.37. The van der Waals surface area contributed by atoms with Gasteiger partial charge in [-0.1, -0.05) is 6.07 Å². The van der Waals surface area contributed by atoms with Gasteiger partial charge in [-0.05, 0) is 24.6 Å². The summed E-state index contributed by atoms with van der Waals surface area (Å²) in [4.78, 5) is 0. The molecule has 1 N–H and O–H groups in total. The van der Waals surface area contributed by atoms with Gasteiger partial charge < -0.3 is 0 Å². The van der Waals surface area contributed by atoms with Crippen molar-refractivity contribution in [2.45, 2.75) is 6.92 Å². The summed E-state index contributed by atoms with van der Waals surface area (Å²) >= 11 is 0. The molecule has 0 saturated carbocycles. The molecule has 0 radical (unpaired) electrons. The van der Waals surface area contributed by atoms with Gasteiger partial charge in [0.2, 0.25) is 5.71 Å². The summed E-state index contributed by atoms with van der Waals surface area (Å²) in [6, 6.07) is 7.31. The normalized spacial score (nSPS) is 8.53. The highest BCUT2D eigenvalue weighted by atomic mass is 19.1. The zero-order chi connectivity index (χ0) is 11.3. The van der Waals surface area contributed by atoms with Gasteiger partial charge in [-0.15, -0.1) is 0 Å². The van der Waals surface area contributed by atoms with Crippen molar-refractivity contribution in [1.82, 2.24) is 0 Å². The van der Waals surface area contributed by atoms with Crippen molar-refractivity contribution >= 4 is 11.4 Å². The molecule has 0 fully saturated rings. The van der Waals surface area contributed by atoms with Gasteiger partial charge in [0, 0.05) is 0 Å². The van der Waals surface area contributed by atoms with Gasteiger partial charge in [0.1, 0.15) is 18.0 Å². The minimum atomic E-state index is -0.409. The van der Waals surface area contributed by atoms with Crippen LogP contribution in [0.3, 0.4) is 0 Å². The lowest BCUT2D eigenvalue weighted by atomic mass is 10.2. The van der Waals surface area contributed by atoms with Crippen molar-refractivity contribution in [1.29, 1.82) is 10.5 Å².